The summed E-state index contributed by atoms with van der Waals surface area (Å²) in [6, 6.07) is 6.73. The molecule has 2 N–H and O–H groups in total. The number of aryl methyl sites for hydroxylation is 2. The molecular weight excluding hydrogens is 210 g/mol. The van der Waals surface area contributed by atoms with Gasteiger partial charge in [-0.15, -0.1) is 0 Å². The molecule has 0 aromatic heterocycles. The predicted molar refractivity (Wildman–Crippen MR) is 71.2 cm³/mol. The Balaban J connectivity index is 1.98. The van der Waals surface area contributed by atoms with Gasteiger partial charge < -0.3 is 10.5 Å². The van der Waals surface area contributed by atoms with Gasteiger partial charge in [0.15, 0.2) is 0 Å². The Morgan fingerprint density at radius 2 is 2.06 bits per heavy atom. The van der Waals surface area contributed by atoms with E-state index in [2.05, 4.69) is 39.0 Å². The molecule has 1 aromatic rings. The number of hydrogen-bond acceptors (Lipinski definition) is 2. The fourth-order valence-corrected chi connectivity index (χ4v) is 2.48. The topological polar surface area (TPSA) is 35.2 Å². The molecule has 0 bridgehead atoms. The van der Waals surface area contributed by atoms with E-state index in [0.717, 1.165) is 19.3 Å². The van der Waals surface area contributed by atoms with Gasteiger partial charge in [-0.3, -0.25) is 0 Å². The SMILES string of the molecule is Cc1ccc(CC(N)C2CCC(C)O2)cc1C. The molecule has 2 heteroatoms. The zero-order valence-corrected chi connectivity index (χ0v) is 11.1. The molecule has 0 aliphatic carbocycles. The summed E-state index contributed by atoms with van der Waals surface area (Å²) < 4.78 is 5.82. The molecule has 1 aliphatic heterocycles. The summed E-state index contributed by atoms with van der Waals surface area (Å²) >= 11 is 0. The van der Waals surface area contributed by atoms with E-state index in [4.69, 9.17) is 10.5 Å². The molecular formula is C15H23NO. The average molecular weight is 233 g/mol. The first-order valence-corrected chi connectivity index (χ1v) is 6.53. The molecule has 1 aromatic carbocycles. The van der Waals surface area contributed by atoms with E-state index in [0.29, 0.717) is 6.10 Å². The van der Waals surface area contributed by atoms with Crippen LogP contribution >= 0.6 is 0 Å². The first kappa shape index (κ1) is 12.6. The van der Waals surface area contributed by atoms with Crippen molar-refractivity contribution < 1.29 is 4.74 Å². The fourth-order valence-electron chi connectivity index (χ4n) is 2.48. The second-order valence-corrected chi connectivity index (χ2v) is 5.35. The third-order valence-electron chi connectivity index (χ3n) is 3.79. The van der Waals surface area contributed by atoms with Crippen molar-refractivity contribution >= 4 is 0 Å². The highest BCUT2D eigenvalue weighted by atomic mass is 16.5. The van der Waals surface area contributed by atoms with Crippen LogP contribution in [0.2, 0.25) is 0 Å². The van der Waals surface area contributed by atoms with Crippen molar-refractivity contribution in [2.75, 3.05) is 0 Å². The Morgan fingerprint density at radius 1 is 1.29 bits per heavy atom. The molecule has 0 amide bonds. The number of hydrogen-bond donors (Lipinski definition) is 1. The van der Waals surface area contributed by atoms with Gasteiger partial charge in [0.05, 0.1) is 12.2 Å². The minimum atomic E-state index is 0.127. The second-order valence-electron chi connectivity index (χ2n) is 5.35. The summed E-state index contributed by atoms with van der Waals surface area (Å²) in [6.45, 7) is 6.42. The number of benzene rings is 1. The lowest BCUT2D eigenvalue weighted by molar-refractivity contribution is 0.0404. The minimum absolute atomic E-state index is 0.127. The number of ether oxygens (including phenoxy) is 1. The zero-order chi connectivity index (χ0) is 12.4. The summed E-state index contributed by atoms with van der Waals surface area (Å²) in [7, 11) is 0. The third-order valence-corrected chi connectivity index (χ3v) is 3.79. The maximum absolute atomic E-state index is 6.24. The van der Waals surface area contributed by atoms with Crippen molar-refractivity contribution in [3.8, 4) is 0 Å². The van der Waals surface area contributed by atoms with Crippen LogP contribution in [-0.4, -0.2) is 18.2 Å². The van der Waals surface area contributed by atoms with Crippen LogP contribution in [0.5, 0.6) is 0 Å². The van der Waals surface area contributed by atoms with Crippen LogP contribution in [0.25, 0.3) is 0 Å². The summed E-state index contributed by atoms with van der Waals surface area (Å²) in [6.07, 6.45) is 3.79. The molecule has 2 rings (SSSR count). The van der Waals surface area contributed by atoms with Gasteiger partial charge in [0, 0.05) is 6.04 Å². The molecule has 3 unspecified atom stereocenters. The van der Waals surface area contributed by atoms with E-state index in [1.165, 1.54) is 16.7 Å². The molecule has 2 nitrogen and oxygen atoms in total. The molecule has 1 fully saturated rings. The fraction of sp³-hybridized carbons (Fsp3) is 0.600. The van der Waals surface area contributed by atoms with E-state index in [9.17, 15) is 0 Å². The van der Waals surface area contributed by atoms with Crippen molar-refractivity contribution in [1.29, 1.82) is 0 Å². The normalized spacial score (nSPS) is 26.1. The Morgan fingerprint density at radius 3 is 2.65 bits per heavy atom. The van der Waals surface area contributed by atoms with E-state index >= 15 is 0 Å². The zero-order valence-electron chi connectivity index (χ0n) is 11.1. The lowest BCUT2D eigenvalue weighted by atomic mass is 9.97. The Hall–Kier alpha value is -0.860. The highest BCUT2D eigenvalue weighted by molar-refractivity contribution is 5.30. The molecule has 3 atom stereocenters. The van der Waals surface area contributed by atoms with Crippen LogP contribution in [0.4, 0.5) is 0 Å². The highest BCUT2D eigenvalue weighted by Gasteiger charge is 2.27. The van der Waals surface area contributed by atoms with Crippen molar-refractivity contribution in [1.82, 2.24) is 0 Å². The van der Waals surface area contributed by atoms with Gasteiger partial charge >= 0.3 is 0 Å². The monoisotopic (exact) mass is 233 g/mol. The third kappa shape index (κ3) is 3.08. The van der Waals surface area contributed by atoms with Gasteiger partial charge in [-0.25, -0.2) is 0 Å². The van der Waals surface area contributed by atoms with Crippen LogP contribution in [0.3, 0.4) is 0 Å². The Kier molecular flexibility index (Phi) is 3.85. The summed E-state index contributed by atoms with van der Waals surface area (Å²) in [5.41, 5.74) is 10.2. The maximum Gasteiger partial charge on any atom is 0.0733 e. The highest BCUT2D eigenvalue weighted by Crippen LogP contribution is 2.23. The number of rotatable bonds is 3. The first-order valence-electron chi connectivity index (χ1n) is 6.53. The van der Waals surface area contributed by atoms with Crippen molar-refractivity contribution in [3.63, 3.8) is 0 Å². The van der Waals surface area contributed by atoms with Crippen LogP contribution in [0, 0.1) is 13.8 Å². The van der Waals surface area contributed by atoms with Gasteiger partial charge in [-0.2, -0.15) is 0 Å². The van der Waals surface area contributed by atoms with E-state index in [1.807, 2.05) is 0 Å². The molecule has 0 radical (unpaired) electrons. The van der Waals surface area contributed by atoms with E-state index in [-0.39, 0.29) is 12.1 Å². The number of nitrogens with two attached hydrogens (primary N) is 1. The van der Waals surface area contributed by atoms with Crippen LogP contribution in [0.1, 0.15) is 36.5 Å². The summed E-state index contributed by atoms with van der Waals surface area (Å²) in [4.78, 5) is 0. The van der Waals surface area contributed by atoms with Crippen LogP contribution in [-0.2, 0) is 11.2 Å². The minimum Gasteiger partial charge on any atom is -0.374 e. The standard InChI is InChI=1S/C15H23NO/c1-10-4-6-13(8-11(10)2)9-14(16)15-7-5-12(3)17-15/h4,6,8,12,14-15H,5,7,9,16H2,1-3H3. The van der Waals surface area contributed by atoms with Crippen molar-refractivity contribution in [2.24, 2.45) is 5.73 Å². The molecule has 0 spiro atoms. The predicted octanol–water partition coefficient (Wildman–Crippen LogP) is 2.74. The van der Waals surface area contributed by atoms with Gasteiger partial charge in [-0.05, 0) is 56.7 Å². The lowest BCUT2D eigenvalue weighted by Gasteiger charge is -2.19. The van der Waals surface area contributed by atoms with Crippen LogP contribution in [0.15, 0.2) is 18.2 Å². The van der Waals surface area contributed by atoms with Crippen molar-refractivity contribution in [2.45, 2.75) is 58.3 Å². The molecule has 1 heterocycles. The molecule has 17 heavy (non-hydrogen) atoms. The van der Waals surface area contributed by atoms with E-state index < -0.39 is 0 Å². The van der Waals surface area contributed by atoms with Gasteiger partial charge in [0.1, 0.15) is 0 Å². The summed E-state index contributed by atoms with van der Waals surface area (Å²) in [5.74, 6) is 0. The molecule has 94 valence electrons. The lowest BCUT2D eigenvalue weighted by Crippen LogP contribution is -2.36. The van der Waals surface area contributed by atoms with Gasteiger partial charge in [0.2, 0.25) is 0 Å². The second kappa shape index (κ2) is 5.19. The molecule has 0 saturated carbocycles. The first-order chi connectivity index (χ1) is 8.06. The van der Waals surface area contributed by atoms with Crippen molar-refractivity contribution in [3.05, 3.63) is 34.9 Å². The largest absolute Gasteiger partial charge is 0.374 e. The smallest absolute Gasteiger partial charge is 0.0733 e. The van der Waals surface area contributed by atoms with E-state index in [1.54, 1.807) is 0 Å². The van der Waals surface area contributed by atoms with Gasteiger partial charge in [-0.1, -0.05) is 18.2 Å². The molecule has 1 aliphatic rings. The quantitative estimate of drug-likeness (QED) is 0.871. The maximum atomic E-state index is 6.24. The van der Waals surface area contributed by atoms with Gasteiger partial charge in [0.25, 0.3) is 0 Å². The Bertz CT molecular complexity index is 389. The molecule has 1 saturated heterocycles. The summed E-state index contributed by atoms with van der Waals surface area (Å²) in [5, 5.41) is 0. The Labute approximate surface area is 104 Å². The van der Waals surface area contributed by atoms with Crippen LogP contribution < -0.4 is 5.73 Å². The average Bonchev–Trinajstić information content (AvgIpc) is 2.70.